The zero-order chi connectivity index (χ0) is 12.1. The van der Waals surface area contributed by atoms with Crippen molar-refractivity contribution >= 4 is 11.8 Å². The van der Waals surface area contributed by atoms with Crippen LogP contribution in [0.4, 0.5) is 0 Å². The Kier molecular flexibility index (Phi) is 4.89. The highest BCUT2D eigenvalue weighted by Crippen LogP contribution is 2.28. The van der Waals surface area contributed by atoms with Crippen LogP contribution in [0.15, 0.2) is 24.3 Å². The Morgan fingerprint density at radius 2 is 1.94 bits per heavy atom. The maximum absolute atomic E-state index is 8.98. The summed E-state index contributed by atoms with van der Waals surface area (Å²) in [5, 5.41) is 13.4. The van der Waals surface area contributed by atoms with Gasteiger partial charge in [0.25, 0.3) is 0 Å². The van der Waals surface area contributed by atoms with Crippen LogP contribution in [0.3, 0.4) is 0 Å². The Morgan fingerprint density at radius 3 is 2.59 bits per heavy atom. The van der Waals surface area contributed by atoms with E-state index in [9.17, 15) is 0 Å². The lowest BCUT2D eigenvalue weighted by molar-refractivity contribution is 0.282. The molecule has 1 aromatic rings. The maximum Gasteiger partial charge on any atom is 0.0681 e. The smallest absolute Gasteiger partial charge is 0.0681 e. The first kappa shape index (κ1) is 12.9. The van der Waals surface area contributed by atoms with Crippen molar-refractivity contribution in [1.29, 1.82) is 0 Å². The summed E-state index contributed by atoms with van der Waals surface area (Å²) in [6.07, 6.45) is 6.22. The number of aliphatic hydroxyl groups excluding tert-OH is 1. The fraction of sp³-hybridized carbons (Fsp3) is 0.571. The number of rotatable bonds is 5. The van der Waals surface area contributed by atoms with Crippen molar-refractivity contribution in [3.05, 3.63) is 35.4 Å². The van der Waals surface area contributed by atoms with Crippen LogP contribution in [0.2, 0.25) is 0 Å². The Morgan fingerprint density at radius 1 is 1.24 bits per heavy atom. The highest BCUT2D eigenvalue weighted by molar-refractivity contribution is 7.99. The molecule has 0 heterocycles. The number of hydrogen-bond donors (Lipinski definition) is 2. The average molecular weight is 251 g/mol. The largest absolute Gasteiger partial charge is 0.392 e. The minimum absolute atomic E-state index is 0.130. The molecule has 2 rings (SSSR count). The van der Waals surface area contributed by atoms with Crippen molar-refractivity contribution in [3.8, 4) is 0 Å². The third-order valence-corrected chi connectivity index (χ3v) is 4.70. The van der Waals surface area contributed by atoms with Gasteiger partial charge in [-0.05, 0) is 30.2 Å². The number of benzene rings is 1. The molecule has 0 radical (unpaired) electrons. The van der Waals surface area contributed by atoms with Gasteiger partial charge in [0.15, 0.2) is 0 Å². The molecule has 1 aliphatic carbocycles. The van der Waals surface area contributed by atoms with E-state index < -0.39 is 0 Å². The molecule has 1 aliphatic rings. The van der Waals surface area contributed by atoms with E-state index in [1.807, 2.05) is 23.9 Å². The van der Waals surface area contributed by atoms with E-state index in [1.54, 1.807) is 0 Å². The van der Waals surface area contributed by atoms with E-state index in [2.05, 4.69) is 23.7 Å². The van der Waals surface area contributed by atoms with Crippen molar-refractivity contribution in [2.75, 3.05) is 6.26 Å². The van der Waals surface area contributed by atoms with Crippen molar-refractivity contribution in [3.63, 3.8) is 0 Å². The molecule has 17 heavy (non-hydrogen) atoms. The summed E-state index contributed by atoms with van der Waals surface area (Å²) in [5.74, 6) is 0. The van der Waals surface area contributed by atoms with Crippen LogP contribution in [0.25, 0.3) is 0 Å². The Hall–Kier alpha value is -0.510. The van der Waals surface area contributed by atoms with Gasteiger partial charge in [-0.1, -0.05) is 30.7 Å². The highest BCUT2D eigenvalue weighted by Gasteiger charge is 2.25. The molecule has 0 aliphatic heterocycles. The standard InChI is InChI=1S/C14H21NOS/c1-17-14-4-2-3-13(14)15-9-11-5-7-12(10-16)8-6-11/h5-8,13-16H,2-4,9-10H2,1H3. The second-order valence-electron chi connectivity index (χ2n) is 4.67. The molecule has 2 atom stereocenters. The van der Waals surface area contributed by atoms with Gasteiger partial charge in [-0.25, -0.2) is 0 Å². The van der Waals surface area contributed by atoms with E-state index in [4.69, 9.17) is 5.11 Å². The predicted octanol–water partition coefficient (Wildman–Crippen LogP) is 2.55. The Bertz CT molecular complexity index is 339. The topological polar surface area (TPSA) is 32.3 Å². The number of aliphatic hydroxyl groups is 1. The minimum atomic E-state index is 0.130. The van der Waals surface area contributed by atoms with Gasteiger partial charge in [-0.3, -0.25) is 0 Å². The molecule has 0 amide bonds. The summed E-state index contributed by atoms with van der Waals surface area (Å²) in [5.41, 5.74) is 2.28. The van der Waals surface area contributed by atoms with E-state index in [0.717, 1.165) is 17.4 Å². The molecule has 1 aromatic carbocycles. The SMILES string of the molecule is CSC1CCCC1NCc1ccc(CO)cc1. The van der Waals surface area contributed by atoms with Crippen LogP contribution < -0.4 is 5.32 Å². The monoisotopic (exact) mass is 251 g/mol. The van der Waals surface area contributed by atoms with E-state index in [-0.39, 0.29) is 6.61 Å². The maximum atomic E-state index is 8.98. The quantitative estimate of drug-likeness (QED) is 0.843. The lowest BCUT2D eigenvalue weighted by Crippen LogP contribution is -2.33. The summed E-state index contributed by atoms with van der Waals surface area (Å²) < 4.78 is 0. The fourth-order valence-corrected chi connectivity index (χ4v) is 3.42. The van der Waals surface area contributed by atoms with Crippen LogP contribution in [0, 0.1) is 0 Å². The van der Waals surface area contributed by atoms with Gasteiger partial charge in [-0.15, -0.1) is 0 Å². The highest BCUT2D eigenvalue weighted by atomic mass is 32.2. The Balaban J connectivity index is 1.84. The molecular formula is C14H21NOS. The van der Waals surface area contributed by atoms with Crippen LogP contribution in [-0.4, -0.2) is 22.7 Å². The average Bonchev–Trinajstić information content (AvgIpc) is 2.84. The first-order valence-electron chi connectivity index (χ1n) is 6.28. The summed E-state index contributed by atoms with van der Waals surface area (Å²) in [6, 6.07) is 8.86. The number of nitrogens with one attached hydrogen (secondary N) is 1. The van der Waals surface area contributed by atoms with Gasteiger partial charge in [0.05, 0.1) is 6.61 Å². The third kappa shape index (κ3) is 3.47. The van der Waals surface area contributed by atoms with E-state index in [0.29, 0.717) is 6.04 Å². The Labute approximate surface area is 108 Å². The molecule has 0 spiro atoms. The van der Waals surface area contributed by atoms with Gasteiger partial charge in [0, 0.05) is 17.8 Å². The predicted molar refractivity (Wildman–Crippen MR) is 74.1 cm³/mol. The lowest BCUT2D eigenvalue weighted by Gasteiger charge is -2.19. The normalized spacial score (nSPS) is 24.1. The molecule has 0 saturated heterocycles. The summed E-state index contributed by atoms with van der Waals surface area (Å²) in [6.45, 7) is 1.07. The summed E-state index contributed by atoms with van der Waals surface area (Å²) >= 11 is 1.99. The van der Waals surface area contributed by atoms with E-state index >= 15 is 0 Å². The number of thioether (sulfide) groups is 1. The third-order valence-electron chi connectivity index (χ3n) is 3.53. The van der Waals surface area contributed by atoms with Crippen LogP contribution >= 0.6 is 11.8 Å². The summed E-state index contributed by atoms with van der Waals surface area (Å²) in [7, 11) is 0. The number of hydrogen-bond acceptors (Lipinski definition) is 3. The van der Waals surface area contributed by atoms with Gasteiger partial charge in [0.1, 0.15) is 0 Å². The fourth-order valence-electron chi connectivity index (χ4n) is 2.45. The second-order valence-corrected chi connectivity index (χ2v) is 5.74. The van der Waals surface area contributed by atoms with Crippen LogP contribution in [-0.2, 0) is 13.2 Å². The van der Waals surface area contributed by atoms with Crippen molar-refractivity contribution in [2.45, 2.75) is 43.7 Å². The van der Waals surface area contributed by atoms with Gasteiger partial charge in [-0.2, -0.15) is 11.8 Å². The first-order valence-corrected chi connectivity index (χ1v) is 7.57. The van der Waals surface area contributed by atoms with Gasteiger partial charge >= 0.3 is 0 Å². The molecule has 0 bridgehead atoms. The van der Waals surface area contributed by atoms with E-state index in [1.165, 1.54) is 24.8 Å². The van der Waals surface area contributed by atoms with Crippen LogP contribution in [0.5, 0.6) is 0 Å². The van der Waals surface area contributed by atoms with Gasteiger partial charge < -0.3 is 10.4 Å². The molecule has 0 aromatic heterocycles. The van der Waals surface area contributed by atoms with Gasteiger partial charge in [0.2, 0.25) is 0 Å². The molecule has 3 heteroatoms. The zero-order valence-corrected chi connectivity index (χ0v) is 11.2. The summed E-state index contributed by atoms with van der Waals surface area (Å²) in [4.78, 5) is 0. The van der Waals surface area contributed by atoms with Crippen LogP contribution in [0.1, 0.15) is 30.4 Å². The molecule has 1 fully saturated rings. The molecule has 2 nitrogen and oxygen atoms in total. The first-order chi connectivity index (χ1) is 8.33. The molecule has 2 unspecified atom stereocenters. The molecule has 94 valence electrons. The zero-order valence-electron chi connectivity index (χ0n) is 10.4. The van der Waals surface area contributed by atoms with Crippen molar-refractivity contribution in [1.82, 2.24) is 5.32 Å². The van der Waals surface area contributed by atoms with Crippen molar-refractivity contribution in [2.24, 2.45) is 0 Å². The lowest BCUT2D eigenvalue weighted by atomic mass is 10.1. The molecule has 2 N–H and O–H groups in total. The molecule has 1 saturated carbocycles. The minimum Gasteiger partial charge on any atom is -0.392 e. The van der Waals surface area contributed by atoms with Crippen molar-refractivity contribution < 1.29 is 5.11 Å². The molecular weight excluding hydrogens is 230 g/mol. The second kappa shape index (κ2) is 6.43.